The van der Waals surface area contributed by atoms with E-state index in [1.807, 2.05) is 76.3 Å². The van der Waals surface area contributed by atoms with E-state index in [9.17, 15) is 5.11 Å². The summed E-state index contributed by atoms with van der Waals surface area (Å²) in [5, 5.41) is 55.9. The lowest BCUT2D eigenvalue weighted by molar-refractivity contribution is 0.285. The molecule has 19 rings (SSSR count). The summed E-state index contributed by atoms with van der Waals surface area (Å²) < 4.78 is 15.2. The van der Waals surface area contributed by atoms with Crippen LogP contribution in [0, 0.1) is 6.92 Å². The van der Waals surface area contributed by atoms with Crippen molar-refractivity contribution in [2.75, 3.05) is 47.2 Å². The molecule has 17 N–H and O–H groups in total. The summed E-state index contributed by atoms with van der Waals surface area (Å²) in [6.07, 6.45) is 17.1. The number of aromatic hydroxyl groups is 1. The van der Waals surface area contributed by atoms with Gasteiger partial charge in [0.2, 0.25) is 5.95 Å². The number of ether oxygens (including phenoxy) is 1. The number of hydrogen-bond acceptors (Lipinski definition) is 34. The number of aromatic amines is 1. The van der Waals surface area contributed by atoms with E-state index in [0.717, 1.165) is 93.2 Å². The van der Waals surface area contributed by atoms with Gasteiger partial charge in [0, 0.05) is 134 Å². The van der Waals surface area contributed by atoms with Gasteiger partial charge in [-0.3, -0.25) is 0 Å². The van der Waals surface area contributed by atoms with Gasteiger partial charge in [-0.25, -0.2) is 108 Å². The number of nitrogen functional groups attached to an aromatic ring is 7. The summed E-state index contributed by atoms with van der Waals surface area (Å²) in [5.41, 5.74) is 55.5. The molecule has 0 fully saturated rings. The van der Waals surface area contributed by atoms with Gasteiger partial charge in [-0.05, 0) is 42.6 Å². The van der Waals surface area contributed by atoms with E-state index in [1.54, 1.807) is 86.2 Å². The van der Waals surface area contributed by atoms with Crippen LogP contribution in [0.15, 0.2) is 134 Å². The third-order valence-corrected chi connectivity index (χ3v) is 19.2. The van der Waals surface area contributed by atoms with Crippen molar-refractivity contribution in [3.05, 3.63) is 150 Å². The molecule has 17 aromatic heterocycles. The van der Waals surface area contributed by atoms with Gasteiger partial charge < -0.3 is 60.1 Å². The van der Waals surface area contributed by atoms with Gasteiger partial charge in [-0.2, -0.15) is 30.6 Å². The van der Waals surface area contributed by atoms with Crippen LogP contribution in [0.4, 0.5) is 40.9 Å². The number of phenols is 1. The fraction of sp³-hybridized carbons (Fsp3) is 0.200. The average molecular weight is 1640 g/mol. The first-order valence-corrected chi connectivity index (χ1v) is 35.0. The van der Waals surface area contributed by atoms with Crippen LogP contribution in [0.1, 0.15) is 55.3 Å². The molecule has 39 nitrogen and oxygen atoms in total. The Balaban J connectivity index is 0.000000174. The minimum absolute atomic E-state index is 0. The van der Waals surface area contributed by atoms with Crippen molar-refractivity contribution >= 4 is 152 Å². The Bertz CT molecular complexity index is 6390. The first-order chi connectivity index (χ1) is 53.5. The van der Waals surface area contributed by atoms with Crippen LogP contribution in [-0.2, 0) is 48.9 Å². The number of aromatic nitrogens is 29. The van der Waals surface area contributed by atoms with E-state index in [2.05, 4.69) is 127 Å². The maximum atomic E-state index is 9.68. The minimum Gasteiger partial charge on any atom is -0.506 e. The molecule has 0 amide bonds. The second-order valence-corrected chi connectivity index (χ2v) is 26.5. The molecule has 0 aliphatic heterocycles. The molecule has 0 aliphatic carbocycles. The predicted molar refractivity (Wildman–Crippen MR) is 464 cm³/mol. The number of H-pyrrole nitrogens is 1. The van der Waals surface area contributed by atoms with E-state index in [1.165, 1.54) is 72.1 Å². The summed E-state index contributed by atoms with van der Waals surface area (Å²) >= 11 is 8.80. The van der Waals surface area contributed by atoms with Crippen molar-refractivity contribution in [3.8, 4) is 78.4 Å². The Morgan fingerprint density at radius 2 is 0.718 bits per heavy atom. The molecule has 0 bridgehead atoms. The van der Waals surface area contributed by atoms with Crippen LogP contribution < -0.4 is 44.9 Å². The van der Waals surface area contributed by atoms with Crippen molar-refractivity contribution in [1.29, 1.82) is 0 Å². The highest BCUT2D eigenvalue weighted by Gasteiger charge is 2.23. The maximum absolute atomic E-state index is 9.68. The van der Waals surface area contributed by atoms with Gasteiger partial charge in [0.15, 0.2) is 38.9 Å². The van der Waals surface area contributed by atoms with Crippen LogP contribution in [0.2, 0.25) is 5.02 Å². The third kappa shape index (κ3) is 17.4. The quantitative estimate of drug-likeness (QED) is 0.0675. The molecule has 2 aromatic carbocycles. The number of nitrogens with one attached hydrogen (secondary N) is 1. The zero-order valence-electron chi connectivity index (χ0n) is 60.0. The van der Waals surface area contributed by atoms with Crippen LogP contribution in [0.5, 0.6) is 10.8 Å². The lowest BCUT2D eigenvalue weighted by atomic mass is 10.1. The molecule has 17 heterocycles. The van der Waals surface area contributed by atoms with Crippen LogP contribution in [-0.4, -0.2) is 161 Å². The SMILES string of the molecule is C.C.C.C.C.C.COc1cc(-c2nn(C)c3ncnc(N)c23)cs1.Cc1ncc(-c2nn(C)c3ncnc(N)c23)cn1.Cn1nc(-c2ccc(Cl)c(O)c2)c2c(N)ncnc21.Cn1nc(-c2ccc3cc[nH]c3c2)c2c(N)ncnc21.Cn1nc(-c2cnc(N)nc2)c2c(N)ncnc21.Cn1nc(-c2csc(CO)c2)c2c(N)ncnc21. The molecule has 0 spiro atoms. The normalized spacial score (nSPS) is 10.5. The molecule has 0 atom stereocenters. The number of rotatable bonds is 8. The van der Waals surface area contributed by atoms with Crippen LogP contribution in [0.25, 0.3) is 145 Å². The number of aliphatic hydroxyl groups excluding tert-OH is 1. The third-order valence-electron chi connectivity index (χ3n) is 17.1. The molecule has 0 saturated heterocycles. The fourth-order valence-electron chi connectivity index (χ4n) is 11.8. The zero-order valence-corrected chi connectivity index (χ0v) is 62.4. The number of aliphatic hydroxyl groups is 1. The number of anilines is 7. The van der Waals surface area contributed by atoms with Crippen molar-refractivity contribution in [2.24, 2.45) is 42.3 Å². The number of thiophene rings is 2. The summed E-state index contributed by atoms with van der Waals surface area (Å²) in [6, 6.07) is 16.9. The predicted octanol–water partition coefficient (Wildman–Crippen LogP) is 11.4. The molecule has 606 valence electrons. The number of methoxy groups -OCH3 is 1. The Morgan fingerprint density at radius 1 is 0.393 bits per heavy atom. The standard InChI is InChI=1S/C14H12N6.C12H10ClN5O.C11H11N7.2C11H11N5OS.C10H10N8.6CH4/c1-20-14-11(13(15)17-7-18-14)12(19-20)9-3-2-8-4-5-16-10(8)6-9;1-18-12-9(11(14)15-5-16-12)10(17-18)6-2-3-7(13)8(19)4-6;1-6-13-3-7(4-14-6)9-8-10(12)15-5-16-11(8)18(2)17-9;1-16-11-8(10(12)13-5-14-11)9(15-16)6-3-7(17-2)18-4-6;1-16-11-8(10(12)13-5-14-11)9(15-16)6-2-7(3-17)18-4-6;1-18-9-6(8(11)15-4-16-9)7(17-18)5-2-13-10(12)14-3-5;;;;;;/h2-7,16H,1H3,(H2,15,17,18);2-5,19H,1H3,(H2,14,15,16);3-5H,1-2H3,(H2,12,15,16);3-5H,1-2H3,(H2,12,13,14);2,4-5,17H,3H2,1H3,(H2,12,13,14);2-4H,1H3,(H2,11,15,16)(H2,12,13,14);6*1H4. The van der Waals surface area contributed by atoms with E-state index < -0.39 is 0 Å². The van der Waals surface area contributed by atoms with E-state index in [0.29, 0.717) is 96.7 Å². The Morgan fingerprint density at radius 3 is 1.06 bits per heavy atom. The van der Waals surface area contributed by atoms with Crippen molar-refractivity contribution in [3.63, 3.8) is 0 Å². The zero-order chi connectivity index (χ0) is 78.1. The Hall–Kier alpha value is -14.7. The number of hydrogen-bond donors (Lipinski definition) is 10. The molecular formula is C75H89ClN36O3S2. The average Bonchev–Trinajstić information content (AvgIpc) is 1.66. The van der Waals surface area contributed by atoms with E-state index in [-0.39, 0.29) is 67.9 Å². The van der Waals surface area contributed by atoms with Gasteiger partial charge in [-0.15, -0.1) is 22.7 Å². The first-order valence-electron chi connectivity index (χ1n) is 32.9. The Kier molecular flexibility index (Phi) is 27.7. The highest BCUT2D eigenvalue weighted by molar-refractivity contribution is 7.12. The van der Waals surface area contributed by atoms with E-state index in [4.69, 9.17) is 61.6 Å². The second-order valence-electron chi connectivity index (χ2n) is 24.2. The second kappa shape index (κ2) is 36.8. The van der Waals surface area contributed by atoms with Gasteiger partial charge in [0.25, 0.3) is 0 Å². The first kappa shape index (κ1) is 87.9. The van der Waals surface area contributed by atoms with Gasteiger partial charge in [0.05, 0.1) is 51.1 Å². The molecule has 0 saturated carbocycles. The van der Waals surface area contributed by atoms with Crippen LogP contribution >= 0.6 is 34.3 Å². The van der Waals surface area contributed by atoms with Crippen molar-refractivity contribution in [1.82, 2.24) is 143 Å². The van der Waals surface area contributed by atoms with E-state index >= 15 is 0 Å². The smallest absolute Gasteiger partial charge is 0.219 e. The number of aryl methyl sites for hydroxylation is 7. The lowest BCUT2D eigenvalue weighted by Crippen LogP contribution is -1.95. The number of nitrogens with two attached hydrogens (primary N) is 7. The maximum Gasteiger partial charge on any atom is 0.219 e. The highest BCUT2D eigenvalue weighted by atomic mass is 35.5. The summed E-state index contributed by atoms with van der Waals surface area (Å²) in [5.74, 6) is 3.35. The summed E-state index contributed by atoms with van der Waals surface area (Å²) in [6.45, 7) is 1.86. The molecule has 42 heteroatoms. The number of phenolic OH excluding ortho intramolecular Hbond substituents is 1. The van der Waals surface area contributed by atoms with Crippen molar-refractivity contribution < 1.29 is 14.9 Å². The van der Waals surface area contributed by atoms with Gasteiger partial charge in [-0.1, -0.05) is 74.4 Å². The number of fused-ring (bicyclic) bond motifs is 7. The Labute approximate surface area is 682 Å². The minimum atomic E-state index is -0.00612. The lowest BCUT2D eigenvalue weighted by Gasteiger charge is -2.01. The molecule has 19 aromatic rings. The largest absolute Gasteiger partial charge is 0.506 e. The molecule has 117 heavy (non-hydrogen) atoms. The molecule has 0 unspecified atom stereocenters. The topological polar surface area (TPSA) is 561 Å². The monoisotopic (exact) mass is 1640 g/mol. The summed E-state index contributed by atoms with van der Waals surface area (Å²) in [7, 11) is 12.5. The van der Waals surface area contributed by atoms with Gasteiger partial charge >= 0.3 is 0 Å². The summed E-state index contributed by atoms with van der Waals surface area (Å²) in [4.78, 5) is 69.4. The van der Waals surface area contributed by atoms with Crippen molar-refractivity contribution in [2.45, 2.75) is 58.1 Å². The number of nitrogens with zero attached hydrogens (tertiary/aromatic N) is 28. The highest BCUT2D eigenvalue weighted by Crippen LogP contribution is 2.39. The number of halogens is 1. The number of benzene rings is 2. The molecular weight excluding hydrogens is 1550 g/mol. The molecule has 0 radical (unpaired) electrons. The fourth-order valence-corrected chi connectivity index (χ4v) is 13.4. The van der Waals surface area contributed by atoms with Gasteiger partial charge in [0.1, 0.15) is 119 Å². The van der Waals surface area contributed by atoms with Crippen LogP contribution in [0.3, 0.4) is 0 Å². The molecule has 0 aliphatic rings.